The summed E-state index contributed by atoms with van der Waals surface area (Å²) in [6, 6.07) is 8.26. The van der Waals surface area contributed by atoms with Crippen LogP contribution in [0.2, 0.25) is 0 Å². The molecular weight excluding hydrogens is 461 g/mol. The van der Waals surface area contributed by atoms with Gasteiger partial charge in [0.25, 0.3) is 0 Å². The van der Waals surface area contributed by atoms with Gasteiger partial charge in [-0.15, -0.1) is 10.2 Å². The molecule has 35 heavy (non-hydrogen) atoms. The second-order valence-electron chi connectivity index (χ2n) is 8.58. The van der Waals surface area contributed by atoms with E-state index in [4.69, 9.17) is 9.57 Å². The quantitative estimate of drug-likeness (QED) is 0.304. The minimum Gasteiger partial charge on any atom is -0.469 e. The number of tetrazole rings is 1. The second-order valence-corrected chi connectivity index (χ2v) is 8.58. The first kappa shape index (κ1) is 24.6. The molecule has 1 saturated carbocycles. The van der Waals surface area contributed by atoms with Gasteiger partial charge in [0, 0.05) is 17.8 Å². The maximum atomic E-state index is 12.6. The highest BCUT2D eigenvalue weighted by Crippen LogP contribution is 2.29. The molecule has 0 atom stereocenters. The van der Waals surface area contributed by atoms with E-state index in [1.54, 1.807) is 30.0 Å². The molecule has 11 heteroatoms. The van der Waals surface area contributed by atoms with Crippen LogP contribution in [0.15, 0.2) is 47.8 Å². The van der Waals surface area contributed by atoms with Crippen molar-refractivity contribution in [2.75, 3.05) is 0 Å². The minimum atomic E-state index is -4.36. The Morgan fingerprint density at radius 2 is 1.83 bits per heavy atom. The van der Waals surface area contributed by atoms with Gasteiger partial charge in [-0.1, -0.05) is 36.6 Å². The number of aromatic nitrogens is 5. The average molecular weight is 489 g/mol. The van der Waals surface area contributed by atoms with Gasteiger partial charge in [0.05, 0.1) is 17.8 Å². The summed E-state index contributed by atoms with van der Waals surface area (Å²) in [7, 11) is 0. The Morgan fingerprint density at radius 1 is 1.06 bits per heavy atom. The molecule has 2 aromatic heterocycles. The maximum Gasteiger partial charge on any atom is 0.416 e. The molecule has 0 aliphatic heterocycles. The predicted molar refractivity (Wildman–Crippen MR) is 121 cm³/mol. The predicted octanol–water partition coefficient (Wildman–Crippen LogP) is 5.19. The summed E-state index contributed by atoms with van der Waals surface area (Å²) in [6.07, 6.45) is 3.52. The molecule has 0 bridgehead atoms. The van der Waals surface area contributed by atoms with E-state index in [0.717, 1.165) is 24.2 Å². The van der Waals surface area contributed by atoms with E-state index in [-0.39, 0.29) is 13.2 Å². The molecule has 0 amide bonds. The lowest BCUT2D eigenvalue weighted by atomic mass is 9.89. The third kappa shape index (κ3) is 7.24. The van der Waals surface area contributed by atoms with Crippen molar-refractivity contribution in [2.45, 2.75) is 65.0 Å². The molecule has 0 radical (unpaired) electrons. The minimum absolute atomic E-state index is 0.0541. The fourth-order valence-corrected chi connectivity index (χ4v) is 3.88. The SMILES string of the molecule is CC(=NOCc1ccc(C(F)(F)F)cc1)c1ccc(OCc2nnn(CC3CCCCC3)n2)nc1. The Morgan fingerprint density at radius 3 is 2.51 bits per heavy atom. The number of hydrogen-bond acceptors (Lipinski definition) is 7. The van der Waals surface area contributed by atoms with Crippen LogP contribution in [0, 0.1) is 5.92 Å². The Hall–Kier alpha value is -3.50. The summed E-state index contributed by atoms with van der Waals surface area (Å²) in [5.74, 6) is 1.53. The first-order valence-electron chi connectivity index (χ1n) is 11.6. The van der Waals surface area contributed by atoms with Gasteiger partial charge in [-0.2, -0.15) is 18.0 Å². The first-order chi connectivity index (χ1) is 16.9. The average Bonchev–Trinajstić information content (AvgIpc) is 3.30. The summed E-state index contributed by atoms with van der Waals surface area (Å²) in [5.41, 5.74) is 1.18. The zero-order chi connectivity index (χ0) is 24.7. The third-order valence-corrected chi connectivity index (χ3v) is 5.86. The zero-order valence-corrected chi connectivity index (χ0v) is 19.4. The van der Waals surface area contributed by atoms with E-state index in [1.807, 2.05) is 0 Å². The van der Waals surface area contributed by atoms with Crippen LogP contribution >= 0.6 is 0 Å². The molecule has 0 saturated heterocycles. The normalized spacial score (nSPS) is 15.3. The van der Waals surface area contributed by atoms with Crippen LogP contribution in [0.5, 0.6) is 5.88 Å². The topological polar surface area (TPSA) is 87.3 Å². The second kappa shape index (κ2) is 11.3. The van der Waals surface area contributed by atoms with E-state index >= 15 is 0 Å². The number of alkyl halides is 3. The van der Waals surface area contributed by atoms with Gasteiger partial charge in [0.1, 0.15) is 6.61 Å². The van der Waals surface area contributed by atoms with Gasteiger partial charge in [-0.05, 0) is 54.7 Å². The Kier molecular flexibility index (Phi) is 7.94. The number of benzene rings is 1. The number of oxime groups is 1. The highest BCUT2D eigenvalue weighted by Gasteiger charge is 2.29. The highest BCUT2D eigenvalue weighted by atomic mass is 19.4. The van der Waals surface area contributed by atoms with Crippen molar-refractivity contribution in [3.8, 4) is 5.88 Å². The Bertz CT molecular complexity index is 1110. The number of ether oxygens (including phenoxy) is 1. The van der Waals surface area contributed by atoms with Crippen molar-refractivity contribution in [1.29, 1.82) is 0 Å². The lowest BCUT2D eigenvalue weighted by Crippen LogP contribution is -2.16. The van der Waals surface area contributed by atoms with E-state index in [2.05, 4.69) is 25.6 Å². The van der Waals surface area contributed by atoms with Crippen molar-refractivity contribution in [3.05, 3.63) is 65.1 Å². The van der Waals surface area contributed by atoms with Crippen molar-refractivity contribution < 1.29 is 22.7 Å². The number of hydrogen-bond donors (Lipinski definition) is 0. The molecule has 1 aliphatic rings. The van der Waals surface area contributed by atoms with Crippen LogP contribution in [-0.4, -0.2) is 30.9 Å². The fourth-order valence-electron chi connectivity index (χ4n) is 3.88. The van der Waals surface area contributed by atoms with Gasteiger partial charge in [-0.25, -0.2) is 4.98 Å². The Balaban J connectivity index is 1.23. The summed E-state index contributed by atoms with van der Waals surface area (Å²) in [5, 5.41) is 16.6. The molecule has 0 spiro atoms. The fraction of sp³-hybridized carbons (Fsp3) is 0.458. The lowest BCUT2D eigenvalue weighted by Gasteiger charge is -2.20. The van der Waals surface area contributed by atoms with Crippen molar-refractivity contribution >= 4 is 5.71 Å². The lowest BCUT2D eigenvalue weighted by molar-refractivity contribution is -0.137. The molecule has 186 valence electrons. The van der Waals surface area contributed by atoms with E-state index in [1.165, 1.54) is 44.2 Å². The number of halogens is 3. The van der Waals surface area contributed by atoms with Crippen molar-refractivity contribution in [2.24, 2.45) is 11.1 Å². The number of pyridine rings is 1. The molecule has 0 unspecified atom stereocenters. The van der Waals surface area contributed by atoms with Crippen LogP contribution in [0.3, 0.4) is 0 Å². The standard InChI is InChI=1S/C24H27F3N6O2/c1-17(31-35-15-19-7-10-21(11-8-19)24(25,26)27)20-9-12-23(28-13-20)34-16-22-29-32-33(30-22)14-18-5-3-2-4-6-18/h7-13,18H,2-6,14-16H2,1H3. The zero-order valence-electron chi connectivity index (χ0n) is 19.4. The number of nitrogens with zero attached hydrogens (tertiary/aromatic N) is 6. The van der Waals surface area contributed by atoms with Gasteiger partial charge >= 0.3 is 6.18 Å². The van der Waals surface area contributed by atoms with Crippen LogP contribution in [0.25, 0.3) is 0 Å². The number of rotatable bonds is 9. The smallest absolute Gasteiger partial charge is 0.416 e. The van der Waals surface area contributed by atoms with Crippen LogP contribution < -0.4 is 4.74 Å². The molecule has 8 nitrogen and oxygen atoms in total. The largest absolute Gasteiger partial charge is 0.469 e. The summed E-state index contributed by atoms with van der Waals surface area (Å²) < 4.78 is 43.6. The maximum absolute atomic E-state index is 12.6. The molecule has 0 N–H and O–H groups in total. The molecule has 3 aromatic rings. The monoisotopic (exact) mass is 488 g/mol. The first-order valence-corrected chi connectivity index (χ1v) is 11.6. The molecule has 2 heterocycles. The van der Waals surface area contributed by atoms with Gasteiger partial charge in [-0.3, -0.25) is 0 Å². The van der Waals surface area contributed by atoms with Crippen LogP contribution in [0.4, 0.5) is 13.2 Å². The highest BCUT2D eigenvalue weighted by molar-refractivity contribution is 5.98. The van der Waals surface area contributed by atoms with E-state index in [0.29, 0.717) is 28.9 Å². The van der Waals surface area contributed by atoms with Crippen molar-refractivity contribution in [3.63, 3.8) is 0 Å². The molecule has 1 aromatic carbocycles. The van der Waals surface area contributed by atoms with E-state index in [9.17, 15) is 13.2 Å². The Labute approximate surface area is 201 Å². The van der Waals surface area contributed by atoms with Crippen LogP contribution in [-0.2, 0) is 30.8 Å². The summed E-state index contributed by atoms with van der Waals surface area (Å²) in [6.45, 7) is 2.76. The van der Waals surface area contributed by atoms with Gasteiger partial charge in [0.2, 0.25) is 11.7 Å². The molecule has 4 rings (SSSR count). The van der Waals surface area contributed by atoms with Gasteiger partial charge in [0.15, 0.2) is 6.61 Å². The summed E-state index contributed by atoms with van der Waals surface area (Å²) in [4.78, 5) is 11.2. The van der Waals surface area contributed by atoms with Gasteiger partial charge < -0.3 is 9.57 Å². The molecule has 1 fully saturated rings. The molecule has 1 aliphatic carbocycles. The van der Waals surface area contributed by atoms with Crippen molar-refractivity contribution in [1.82, 2.24) is 25.2 Å². The molecular formula is C24H27F3N6O2. The summed E-state index contributed by atoms with van der Waals surface area (Å²) >= 11 is 0. The van der Waals surface area contributed by atoms with E-state index < -0.39 is 11.7 Å². The third-order valence-electron chi connectivity index (χ3n) is 5.86. The van der Waals surface area contributed by atoms with Crippen LogP contribution in [0.1, 0.15) is 61.5 Å².